The van der Waals surface area contributed by atoms with Crippen LogP contribution in [-0.2, 0) is 11.3 Å². The van der Waals surface area contributed by atoms with Gasteiger partial charge in [-0.1, -0.05) is 24.3 Å². The molecule has 0 aliphatic carbocycles. The smallest absolute Gasteiger partial charge is 0.436 e. The van der Waals surface area contributed by atoms with Gasteiger partial charge in [-0.05, 0) is 50.1 Å². The van der Waals surface area contributed by atoms with Crippen molar-refractivity contribution in [2.24, 2.45) is 0 Å². The van der Waals surface area contributed by atoms with E-state index in [0.717, 1.165) is 15.2 Å². The number of aryl methyl sites for hydroxylation is 1. The highest BCUT2D eigenvalue weighted by Crippen LogP contribution is 2.24. The van der Waals surface area contributed by atoms with E-state index in [2.05, 4.69) is 10.4 Å². The van der Waals surface area contributed by atoms with E-state index in [0.29, 0.717) is 17.3 Å². The molecule has 2 aromatic heterocycles. The molecule has 0 saturated carbocycles. The fourth-order valence-corrected chi connectivity index (χ4v) is 3.65. The Kier molecular flexibility index (Phi) is 5.40. The maximum Gasteiger partial charge on any atom is 0.436 e. The van der Waals surface area contributed by atoms with Gasteiger partial charge < -0.3 is 15.2 Å². The summed E-state index contributed by atoms with van der Waals surface area (Å²) in [6.07, 6.45) is -1.78. The molecular weight excluding hydrogens is 430 g/mol. The van der Waals surface area contributed by atoms with Crippen molar-refractivity contribution in [2.45, 2.75) is 39.3 Å². The van der Waals surface area contributed by atoms with E-state index >= 15 is 0 Å². The van der Waals surface area contributed by atoms with Crippen LogP contribution < -0.4 is 16.7 Å². The Morgan fingerprint density at radius 1 is 1.09 bits per heavy atom. The van der Waals surface area contributed by atoms with Crippen molar-refractivity contribution in [2.75, 3.05) is 6.54 Å². The SMILES string of the molecule is CC(C)(C)OC(=O)NCCCn1c(=O)n2c(=O)n(C(=O)O)nc2c2cc3ccccc3cc21. The minimum absolute atomic E-state index is 0.0312. The molecule has 11 nitrogen and oxygen atoms in total. The first-order valence-corrected chi connectivity index (χ1v) is 10.3. The summed E-state index contributed by atoms with van der Waals surface area (Å²) in [5, 5.41) is 18.0. The minimum atomic E-state index is -1.58. The zero-order valence-electron chi connectivity index (χ0n) is 18.4. The predicted octanol–water partition coefficient (Wildman–Crippen LogP) is 2.41. The molecule has 1 amide bonds. The number of hydrogen-bond donors (Lipinski definition) is 2. The maximum atomic E-state index is 13.2. The van der Waals surface area contributed by atoms with Crippen molar-refractivity contribution in [3.8, 4) is 0 Å². The van der Waals surface area contributed by atoms with Crippen molar-refractivity contribution in [1.82, 2.24) is 24.1 Å². The Hall–Kier alpha value is -4.15. The number of nitrogens with one attached hydrogen (secondary N) is 1. The van der Waals surface area contributed by atoms with Crippen LogP contribution in [-0.4, -0.2) is 48.2 Å². The first-order chi connectivity index (χ1) is 15.6. The molecule has 4 aromatic rings. The number of amides is 1. The van der Waals surface area contributed by atoms with Crippen LogP contribution in [0.25, 0.3) is 27.3 Å². The van der Waals surface area contributed by atoms with Crippen molar-refractivity contribution in [3.63, 3.8) is 0 Å². The Labute approximate surface area is 186 Å². The monoisotopic (exact) mass is 453 g/mol. The van der Waals surface area contributed by atoms with Crippen LogP contribution in [0.2, 0.25) is 0 Å². The summed E-state index contributed by atoms with van der Waals surface area (Å²) in [4.78, 5) is 49.1. The van der Waals surface area contributed by atoms with Crippen LogP contribution in [0.4, 0.5) is 9.59 Å². The molecular formula is C22H23N5O6. The molecule has 4 rings (SSSR count). The zero-order chi connectivity index (χ0) is 23.9. The summed E-state index contributed by atoms with van der Waals surface area (Å²) >= 11 is 0. The van der Waals surface area contributed by atoms with Gasteiger partial charge in [0.05, 0.1) is 5.52 Å². The molecule has 172 valence electrons. The lowest BCUT2D eigenvalue weighted by Crippen LogP contribution is -2.37. The standard InChI is InChI=1S/C22H23N5O6/c1-22(2,3)33-18(28)23-9-6-10-25-16-12-14-8-5-4-7-13(14)11-15(16)17-24-27(21(31)32)20(30)26(17)19(25)29/h4-5,7-8,11-12H,6,9-10H2,1-3H3,(H,23,28)(H,31,32). The third kappa shape index (κ3) is 4.16. The summed E-state index contributed by atoms with van der Waals surface area (Å²) in [7, 11) is 0. The Bertz CT molecular complexity index is 1520. The largest absolute Gasteiger partial charge is 0.463 e. The van der Waals surface area contributed by atoms with Crippen LogP contribution in [0.15, 0.2) is 46.0 Å². The van der Waals surface area contributed by atoms with Crippen LogP contribution in [0.5, 0.6) is 0 Å². The number of aromatic nitrogens is 4. The molecule has 0 unspecified atom stereocenters. The number of rotatable bonds is 4. The summed E-state index contributed by atoms with van der Waals surface area (Å²) < 4.78 is 7.60. The van der Waals surface area contributed by atoms with Crippen molar-refractivity contribution in [1.29, 1.82) is 0 Å². The minimum Gasteiger partial charge on any atom is -0.463 e. The molecule has 0 aliphatic heterocycles. The molecule has 2 heterocycles. The third-order valence-electron chi connectivity index (χ3n) is 5.00. The topological polar surface area (TPSA) is 137 Å². The molecule has 0 saturated heterocycles. The summed E-state index contributed by atoms with van der Waals surface area (Å²) in [6.45, 7) is 5.67. The van der Waals surface area contributed by atoms with E-state index in [4.69, 9.17) is 4.74 Å². The Morgan fingerprint density at radius 2 is 1.76 bits per heavy atom. The van der Waals surface area contributed by atoms with Crippen LogP contribution in [0, 0.1) is 0 Å². The molecule has 0 bridgehead atoms. The average Bonchev–Trinajstić information content (AvgIpc) is 3.08. The molecule has 2 aromatic carbocycles. The first-order valence-electron chi connectivity index (χ1n) is 10.3. The first kappa shape index (κ1) is 22.1. The van der Waals surface area contributed by atoms with Crippen molar-refractivity contribution < 1.29 is 19.4 Å². The van der Waals surface area contributed by atoms with Gasteiger partial charge in [-0.25, -0.2) is 19.2 Å². The van der Waals surface area contributed by atoms with Gasteiger partial charge in [0.2, 0.25) is 0 Å². The molecule has 0 atom stereocenters. The fraction of sp³-hybridized carbons (Fsp3) is 0.318. The van der Waals surface area contributed by atoms with E-state index in [9.17, 15) is 24.3 Å². The lowest BCUT2D eigenvalue weighted by Gasteiger charge is -2.19. The second-order valence-electron chi connectivity index (χ2n) is 8.57. The van der Waals surface area contributed by atoms with E-state index in [1.54, 1.807) is 32.9 Å². The summed E-state index contributed by atoms with van der Waals surface area (Å²) in [5.74, 6) is 0. The molecule has 11 heteroatoms. The van der Waals surface area contributed by atoms with Gasteiger partial charge in [0.1, 0.15) is 5.60 Å². The number of ether oxygens (including phenoxy) is 1. The molecule has 33 heavy (non-hydrogen) atoms. The molecule has 0 spiro atoms. The number of benzene rings is 2. The summed E-state index contributed by atoms with van der Waals surface area (Å²) in [6, 6.07) is 11.1. The average molecular weight is 453 g/mol. The lowest BCUT2D eigenvalue weighted by molar-refractivity contribution is 0.0526. The Morgan fingerprint density at radius 3 is 2.39 bits per heavy atom. The summed E-state index contributed by atoms with van der Waals surface area (Å²) in [5.41, 5.74) is -1.92. The van der Waals surface area contributed by atoms with Gasteiger partial charge in [0, 0.05) is 18.5 Å². The third-order valence-corrected chi connectivity index (χ3v) is 5.00. The second kappa shape index (κ2) is 8.08. The Balaban J connectivity index is 1.79. The van der Waals surface area contributed by atoms with E-state index in [-0.39, 0.29) is 23.4 Å². The van der Waals surface area contributed by atoms with E-state index in [1.807, 2.05) is 24.3 Å². The predicted molar refractivity (Wildman–Crippen MR) is 121 cm³/mol. The quantitative estimate of drug-likeness (QED) is 0.358. The number of carbonyl (C=O) groups excluding carboxylic acids is 1. The molecule has 0 radical (unpaired) electrons. The number of carbonyl (C=O) groups is 2. The van der Waals surface area contributed by atoms with Crippen LogP contribution in [0.3, 0.4) is 0 Å². The molecule has 0 fully saturated rings. The van der Waals surface area contributed by atoms with Gasteiger partial charge in [0.15, 0.2) is 5.65 Å². The zero-order valence-corrected chi connectivity index (χ0v) is 18.4. The van der Waals surface area contributed by atoms with Crippen LogP contribution in [0.1, 0.15) is 27.2 Å². The van der Waals surface area contributed by atoms with Crippen molar-refractivity contribution >= 4 is 39.5 Å². The van der Waals surface area contributed by atoms with Gasteiger partial charge >= 0.3 is 23.6 Å². The molecule has 0 aliphatic rings. The number of nitrogens with zero attached hydrogens (tertiary/aromatic N) is 4. The molecule has 2 N–H and O–H groups in total. The maximum absolute atomic E-state index is 13.2. The number of alkyl carbamates (subject to hydrolysis) is 1. The number of carboxylic acid groups (broad SMARTS) is 1. The van der Waals surface area contributed by atoms with Crippen LogP contribution >= 0.6 is 0 Å². The highest BCUT2D eigenvalue weighted by Gasteiger charge is 2.21. The van der Waals surface area contributed by atoms with E-state index < -0.39 is 29.2 Å². The van der Waals surface area contributed by atoms with Gasteiger partial charge in [-0.3, -0.25) is 4.57 Å². The van der Waals surface area contributed by atoms with Crippen molar-refractivity contribution in [3.05, 3.63) is 57.4 Å². The lowest BCUT2D eigenvalue weighted by atomic mass is 10.1. The highest BCUT2D eigenvalue weighted by atomic mass is 16.6. The van der Waals surface area contributed by atoms with Gasteiger partial charge in [0.25, 0.3) is 0 Å². The van der Waals surface area contributed by atoms with Gasteiger partial charge in [-0.2, -0.15) is 4.40 Å². The fourth-order valence-electron chi connectivity index (χ4n) is 3.65. The normalized spacial score (nSPS) is 11.8. The second-order valence-corrected chi connectivity index (χ2v) is 8.57. The highest BCUT2D eigenvalue weighted by molar-refractivity contribution is 6.02. The number of hydrogen-bond acceptors (Lipinski definition) is 6. The van der Waals surface area contributed by atoms with E-state index in [1.165, 1.54) is 4.57 Å². The number of fused-ring (bicyclic) bond motifs is 4. The van der Waals surface area contributed by atoms with Gasteiger partial charge in [-0.15, -0.1) is 9.78 Å².